The Hall–Kier alpha value is -2.43. The number of rotatable bonds is 3. The number of carbonyl (C=O) groups is 2. The number of carbonyl (C=O) groups excluding carboxylic acids is 2. The van der Waals surface area contributed by atoms with Crippen LogP contribution >= 0.6 is 15.9 Å². The summed E-state index contributed by atoms with van der Waals surface area (Å²) in [5, 5.41) is 2.33. The summed E-state index contributed by atoms with van der Waals surface area (Å²) in [6.45, 7) is 2.00. The minimum Gasteiger partial charge on any atom is -0.323 e. The molecule has 0 spiro atoms. The Morgan fingerprint density at radius 3 is 2.18 bits per heavy atom. The second kappa shape index (κ2) is 10.7. The second-order valence-corrected chi connectivity index (χ2v) is 8.33. The van der Waals surface area contributed by atoms with Gasteiger partial charge in [0.25, 0.3) is 0 Å². The maximum absolute atomic E-state index is 14.0. The molecule has 1 fully saturated rings. The number of amides is 1. The van der Waals surface area contributed by atoms with Gasteiger partial charge in [0.15, 0.2) is 0 Å². The van der Waals surface area contributed by atoms with E-state index in [2.05, 4.69) is 21.2 Å². The van der Waals surface area contributed by atoms with Gasteiger partial charge in [0.05, 0.1) is 16.8 Å². The summed E-state index contributed by atoms with van der Waals surface area (Å²) in [5.74, 6) is -2.43. The Kier molecular flexibility index (Phi) is 8.67. The molecule has 2 aromatic carbocycles. The largest absolute Gasteiger partial charge is 0.417 e. The highest BCUT2D eigenvalue weighted by Crippen LogP contribution is 2.41. The monoisotopic (exact) mass is 541 g/mol. The quantitative estimate of drug-likeness (QED) is 0.413. The first-order valence-corrected chi connectivity index (χ1v) is 10.5. The molecular formula is C22H19BrF7NO2. The van der Waals surface area contributed by atoms with Crippen LogP contribution in [0.15, 0.2) is 40.9 Å². The van der Waals surface area contributed by atoms with E-state index < -0.39 is 41.1 Å². The summed E-state index contributed by atoms with van der Waals surface area (Å²) >= 11 is 2.94. The van der Waals surface area contributed by atoms with Gasteiger partial charge in [-0.05, 0) is 61.1 Å². The zero-order valence-corrected chi connectivity index (χ0v) is 18.6. The van der Waals surface area contributed by atoms with Gasteiger partial charge in [0.2, 0.25) is 5.91 Å². The van der Waals surface area contributed by atoms with E-state index in [1.807, 2.05) is 6.79 Å². The number of nitrogens with one attached hydrogen (secondary N) is 1. The average Bonchev–Trinajstić information content (AvgIpc) is 2.75. The summed E-state index contributed by atoms with van der Waals surface area (Å²) in [6, 6.07) is 5.63. The van der Waals surface area contributed by atoms with Gasteiger partial charge in [-0.15, -0.1) is 0 Å². The van der Waals surface area contributed by atoms with E-state index in [0.717, 1.165) is 12.1 Å². The average molecular weight is 542 g/mol. The third-order valence-corrected chi connectivity index (χ3v) is 6.03. The molecule has 11 heteroatoms. The normalized spacial score (nSPS) is 18.8. The summed E-state index contributed by atoms with van der Waals surface area (Å²) in [6.07, 6.45) is -7.04. The Morgan fingerprint density at radius 2 is 1.64 bits per heavy atom. The third-order valence-electron chi connectivity index (χ3n) is 5.37. The first-order valence-electron chi connectivity index (χ1n) is 9.69. The van der Waals surface area contributed by atoms with Crippen LogP contribution in [0.25, 0.3) is 0 Å². The Morgan fingerprint density at radius 1 is 0.970 bits per heavy atom. The lowest BCUT2D eigenvalue weighted by Gasteiger charge is -2.29. The van der Waals surface area contributed by atoms with Crippen molar-refractivity contribution in [3.63, 3.8) is 0 Å². The van der Waals surface area contributed by atoms with Crippen molar-refractivity contribution in [1.82, 2.24) is 0 Å². The van der Waals surface area contributed by atoms with E-state index in [0.29, 0.717) is 43.4 Å². The van der Waals surface area contributed by atoms with Gasteiger partial charge in [-0.3, -0.25) is 4.79 Å². The summed E-state index contributed by atoms with van der Waals surface area (Å²) in [5.41, 5.74) is -1.65. The fourth-order valence-electron chi connectivity index (χ4n) is 3.77. The molecule has 3 nitrogen and oxygen atoms in total. The zero-order valence-electron chi connectivity index (χ0n) is 17.0. The first kappa shape index (κ1) is 26.8. The second-order valence-electron chi connectivity index (χ2n) is 7.48. The highest BCUT2D eigenvalue weighted by Gasteiger charge is 2.35. The molecular weight excluding hydrogens is 523 g/mol. The molecule has 2 aromatic rings. The summed E-state index contributed by atoms with van der Waals surface area (Å²) in [7, 11) is 0. The molecule has 180 valence electrons. The summed E-state index contributed by atoms with van der Waals surface area (Å²) < 4.78 is 90.7. The number of benzene rings is 2. The number of halogens is 8. The maximum atomic E-state index is 14.0. The van der Waals surface area contributed by atoms with Gasteiger partial charge in [0.1, 0.15) is 12.6 Å². The van der Waals surface area contributed by atoms with Crippen LogP contribution in [-0.4, -0.2) is 12.7 Å². The van der Waals surface area contributed by atoms with Crippen LogP contribution in [-0.2, 0) is 21.9 Å². The van der Waals surface area contributed by atoms with E-state index in [4.69, 9.17) is 4.79 Å². The molecule has 3 rings (SSSR count). The van der Waals surface area contributed by atoms with Gasteiger partial charge < -0.3 is 10.1 Å². The minimum absolute atomic E-state index is 0.0871. The maximum Gasteiger partial charge on any atom is 0.417 e. The van der Waals surface area contributed by atoms with Gasteiger partial charge >= 0.3 is 12.4 Å². The van der Waals surface area contributed by atoms with E-state index in [1.54, 1.807) is 0 Å². The predicted octanol–water partition coefficient (Wildman–Crippen LogP) is 7.35. The van der Waals surface area contributed by atoms with Crippen molar-refractivity contribution in [3.8, 4) is 0 Å². The smallest absolute Gasteiger partial charge is 0.323 e. The molecule has 0 heterocycles. The number of hydrogen-bond donors (Lipinski definition) is 1. The number of alkyl halides is 6. The molecule has 1 amide bonds. The lowest BCUT2D eigenvalue weighted by Crippen LogP contribution is -2.28. The van der Waals surface area contributed by atoms with Crippen LogP contribution in [0, 0.1) is 11.7 Å². The molecule has 0 radical (unpaired) electrons. The number of hydrogen-bond acceptors (Lipinski definition) is 2. The van der Waals surface area contributed by atoms with Crippen molar-refractivity contribution in [2.24, 2.45) is 5.92 Å². The van der Waals surface area contributed by atoms with Crippen LogP contribution in [0.2, 0.25) is 0 Å². The lowest BCUT2D eigenvalue weighted by atomic mass is 9.77. The lowest BCUT2D eigenvalue weighted by molar-refractivity contribution is -0.138. The molecule has 33 heavy (non-hydrogen) atoms. The van der Waals surface area contributed by atoms with Gasteiger partial charge in [-0.25, -0.2) is 4.39 Å². The molecule has 1 aliphatic rings. The Bertz CT molecular complexity index is 992. The highest BCUT2D eigenvalue weighted by atomic mass is 79.9. The van der Waals surface area contributed by atoms with E-state index >= 15 is 0 Å². The first-order chi connectivity index (χ1) is 15.4. The highest BCUT2D eigenvalue weighted by molar-refractivity contribution is 9.10. The fraction of sp³-hybridized carbons (Fsp3) is 0.364. The third kappa shape index (κ3) is 6.78. The fourth-order valence-corrected chi connectivity index (χ4v) is 4.39. The molecule has 0 aromatic heterocycles. The van der Waals surface area contributed by atoms with Crippen molar-refractivity contribution in [2.45, 2.75) is 44.0 Å². The van der Waals surface area contributed by atoms with Crippen LogP contribution in [0.4, 0.5) is 36.4 Å². The van der Waals surface area contributed by atoms with Gasteiger partial charge in [0, 0.05) is 10.4 Å². The van der Waals surface area contributed by atoms with Gasteiger partial charge in [-0.2, -0.15) is 26.3 Å². The Labute approximate surface area is 193 Å². The predicted molar refractivity (Wildman–Crippen MR) is 111 cm³/mol. The van der Waals surface area contributed by atoms with Crippen molar-refractivity contribution >= 4 is 34.3 Å². The van der Waals surface area contributed by atoms with E-state index in [1.165, 1.54) is 12.1 Å². The SMILES string of the molecule is C=O.O=C(Nc1ccc(C(F)(F)F)cc1F)C1CCCC(c2ccc(C(F)(F)F)c(Br)c2)C1. The Balaban J connectivity index is 0.00000187. The van der Waals surface area contributed by atoms with Gasteiger partial charge in [-0.1, -0.05) is 28.4 Å². The molecule has 1 saturated carbocycles. The van der Waals surface area contributed by atoms with Crippen LogP contribution in [0.1, 0.15) is 48.3 Å². The van der Waals surface area contributed by atoms with Crippen molar-refractivity contribution in [1.29, 1.82) is 0 Å². The molecule has 0 saturated heterocycles. The zero-order chi connectivity index (χ0) is 25.0. The molecule has 1 aliphatic carbocycles. The van der Waals surface area contributed by atoms with Crippen LogP contribution in [0.5, 0.6) is 0 Å². The van der Waals surface area contributed by atoms with Crippen molar-refractivity contribution in [2.75, 3.05) is 5.32 Å². The molecule has 2 unspecified atom stereocenters. The molecule has 2 atom stereocenters. The molecule has 0 bridgehead atoms. The standard InChI is InChI=1S/C21H17BrF7NO.CH2O/c22-16-9-12(4-6-15(16)21(27,28)29)11-2-1-3-13(8-11)19(31)30-18-7-5-14(10-17(18)23)20(24,25)26;1-2/h4-7,9-11,13H,1-3,8H2,(H,30,31);1H2. The van der Waals surface area contributed by atoms with Crippen molar-refractivity contribution < 1.29 is 40.3 Å². The topological polar surface area (TPSA) is 46.2 Å². The van der Waals surface area contributed by atoms with E-state index in [9.17, 15) is 35.5 Å². The number of anilines is 1. The molecule has 1 N–H and O–H groups in total. The minimum atomic E-state index is -4.70. The molecule has 0 aliphatic heterocycles. The van der Waals surface area contributed by atoms with Crippen molar-refractivity contribution in [3.05, 3.63) is 63.4 Å². The van der Waals surface area contributed by atoms with Crippen LogP contribution < -0.4 is 5.32 Å². The van der Waals surface area contributed by atoms with Crippen LogP contribution in [0.3, 0.4) is 0 Å². The van der Waals surface area contributed by atoms with E-state index in [-0.39, 0.29) is 16.1 Å². The summed E-state index contributed by atoms with van der Waals surface area (Å²) in [4.78, 5) is 20.6.